The van der Waals surface area contributed by atoms with Crippen LogP contribution >= 0.6 is 6.64 Å². The van der Waals surface area contributed by atoms with Crippen molar-refractivity contribution in [2.45, 2.75) is 77.1 Å². The maximum absolute atomic E-state index is 14.1. The Hall–Kier alpha value is -1.43. The first-order valence-electron chi connectivity index (χ1n) is 11.8. The largest absolute Gasteiger partial charge is 0.464 e. The molecule has 2 aliphatic heterocycles. The van der Waals surface area contributed by atoms with Crippen molar-refractivity contribution in [1.29, 1.82) is 0 Å². The van der Waals surface area contributed by atoms with Crippen LogP contribution in [0, 0.1) is 5.82 Å². The molecule has 3 heterocycles. The normalized spacial score (nSPS) is 24.5. The minimum atomic E-state index is -3.01. The van der Waals surface area contributed by atoms with Crippen LogP contribution in [-0.4, -0.2) is 47.6 Å². The number of ether oxygens (including phenoxy) is 2. The summed E-state index contributed by atoms with van der Waals surface area (Å²) in [5, 5.41) is 2.86. The molecule has 3 rings (SSSR count). The van der Waals surface area contributed by atoms with Crippen LogP contribution in [0.5, 0.6) is 0 Å². The highest BCUT2D eigenvalue weighted by atomic mass is 32.5. The summed E-state index contributed by atoms with van der Waals surface area (Å²) < 4.78 is 37.8. The fraction of sp³-hybridized carbons (Fsp3) is 0.762. The zero-order valence-electron chi connectivity index (χ0n) is 19.4. The molecule has 0 aliphatic carbocycles. The molecule has 0 radical (unpaired) electrons. The van der Waals surface area contributed by atoms with Crippen LogP contribution in [0.3, 0.4) is 0 Å². The molecule has 0 bridgehead atoms. The average Bonchev–Trinajstić information content (AvgIpc) is 3.48. The van der Waals surface area contributed by atoms with E-state index in [0.717, 1.165) is 41.0 Å². The second kappa shape index (κ2) is 13.0. The Morgan fingerprint density at radius 2 is 2.03 bits per heavy atom. The lowest BCUT2D eigenvalue weighted by atomic mass is 10.1. The highest BCUT2D eigenvalue weighted by Crippen LogP contribution is 2.48. The molecule has 0 spiro atoms. The summed E-state index contributed by atoms with van der Waals surface area (Å²) in [4.78, 5) is 37.1. The van der Waals surface area contributed by atoms with Gasteiger partial charge < -0.3 is 18.5 Å². The Kier molecular flexibility index (Phi) is 10.4. The fourth-order valence-corrected chi connectivity index (χ4v) is 6.05. The summed E-state index contributed by atoms with van der Waals surface area (Å²) in [6, 6.07) is -0.737. The number of nitrogens with one attached hydrogen (secondary N) is 1. The lowest BCUT2D eigenvalue weighted by molar-refractivity contribution is -0.145. The van der Waals surface area contributed by atoms with Gasteiger partial charge in [0.25, 0.3) is 12.2 Å². The molecule has 1 aromatic rings. The minimum Gasteiger partial charge on any atom is -0.464 e. The van der Waals surface area contributed by atoms with Crippen molar-refractivity contribution in [1.82, 2.24) is 14.2 Å². The van der Waals surface area contributed by atoms with Gasteiger partial charge in [-0.1, -0.05) is 39.0 Å². The maximum Gasteiger partial charge on any atom is 0.333 e. The SMILES string of the molecule is CCCCCCCCOC(=O)[C@H]1CO[P@](=S)(OCCn2c(=O)c(F)cn([C@@H]3CCCO3)c2=O)N1. The smallest absolute Gasteiger partial charge is 0.333 e. The molecule has 1 N–H and O–H groups in total. The molecule has 34 heavy (non-hydrogen) atoms. The van der Waals surface area contributed by atoms with Crippen molar-refractivity contribution in [3.8, 4) is 0 Å². The topological polar surface area (TPSA) is 110 Å². The second-order valence-corrected chi connectivity index (χ2v) is 11.5. The van der Waals surface area contributed by atoms with Crippen LogP contribution in [0.2, 0.25) is 0 Å². The van der Waals surface area contributed by atoms with E-state index in [9.17, 15) is 18.8 Å². The van der Waals surface area contributed by atoms with Crippen LogP contribution in [0.4, 0.5) is 4.39 Å². The molecule has 2 saturated heterocycles. The van der Waals surface area contributed by atoms with Gasteiger partial charge in [-0.15, -0.1) is 0 Å². The van der Waals surface area contributed by atoms with Gasteiger partial charge in [0.1, 0.15) is 12.3 Å². The quantitative estimate of drug-likeness (QED) is 0.238. The zero-order chi connectivity index (χ0) is 24.6. The lowest BCUT2D eigenvalue weighted by Crippen LogP contribution is -2.43. The van der Waals surface area contributed by atoms with Gasteiger partial charge in [0.15, 0.2) is 0 Å². The van der Waals surface area contributed by atoms with Crippen LogP contribution in [-0.2, 0) is 41.7 Å². The molecule has 3 atom stereocenters. The summed E-state index contributed by atoms with van der Waals surface area (Å²) >= 11 is 5.36. The van der Waals surface area contributed by atoms with Crippen LogP contribution in [0.15, 0.2) is 15.8 Å². The predicted octanol–water partition coefficient (Wildman–Crippen LogP) is 2.59. The number of rotatable bonds is 13. The molecule has 0 amide bonds. The molecule has 10 nitrogen and oxygen atoms in total. The Morgan fingerprint density at radius 1 is 1.26 bits per heavy atom. The number of carbonyl (C=O) groups is 1. The third-order valence-corrected chi connectivity index (χ3v) is 8.29. The number of nitrogens with zero attached hydrogens (tertiary/aromatic N) is 2. The van der Waals surface area contributed by atoms with Crippen LogP contribution in [0.1, 0.15) is 64.5 Å². The van der Waals surface area contributed by atoms with Gasteiger partial charge in [-0.25, -0.2) is 9.88 Å². The second-order valence-electron chi connectivity index (χ2n) is 8.33. The number of halogens is 1. The Bertz CT molecular complexity index is 996. The molecule has 2 fully saturated rings. The minimum absolute atomic E-state index is 0.0123. The third-order valence-electron chi connectivity index (χ3n) is 5.70. The van der Waals surface area contributed by atoms with E-state index in [0.29, 0.717) is 19.6 Å². The standard InChI is InChI=1S/C21H33FN3O7PS/c1-2-3-4-5-6-7-11-30-20(27)17-15-32-33(34,23-17)31-13-10-24-19(26)16(22)14-25(21(24)28)18-9-8-12-29-18/h14,17-18H,2-13,15H2,1H3,(H,23,34)/t17-,18+,33-/m1/s1. The number of aromatic nitrogens is 2. The molecule has 0 saturated carbocycles. The number of hydrogen-bond donors (Lipinski definition) is 1. The van der Waals surface area contributed by atoms with Crippen LogP contribution < -0.4 is 16.3 Å². The van der Waals surface area contributed by atoms with Gasteiger partial charge in [0.2, 0.25) is 5.82 Å². The summed E-state index contributed by atoms with van der Waals surface area (Å²) in [6.07, 6.45) is 8.10. The molecule has 1 aromatic heterocycles. The van der Waals surface area contributed by atoms with Crippen molar-refractivity contribution >= 4 is 24.4 Å². The van der Waals surface area contributed by atoms with E-state index in [2.05, 4.69) is 12.0 Å². The first-order valence-corrected chi connectivity index (χ1v) is 14.4. The maximum atomic E-state index is 14.1. The van der Waals surface area contributed by atoms with Gasteiger partial charge in [-0.2, -0.15) is 4.39 Å². The molecular formula is C21H33FN3O7PS. The van der Waals surface area contributed by atoms with E-state index in [-0.39, 0.29) is 19.8 Å². The third kappa shape index (κ3) is 7.29. The van der Waals surface area contributed by atoms with E-state index in [4.69, 9.17) is 30.3 Å². The summed E-state index contributed by atoms with van der Waals surface area (Å²) in [5.74, 6) is -1.51. The fourth-order valence-electron chi connectivity index (χ4n) is 3.81. The lowest BCUT2D eigenvalue weighted by Gasteiger charge is -2.18. The number of carbonyl (C=O) groups excluding carboxylic acids is 1. The van der Waals surface area contributed by atoms with Crippen molar-refractivity contribution in [3.63, 3.8) is 0 Å². The summed E-state index contributed by atoms with van der Waals surface area (Å²) in [7, 11) is 0. The summed E-state index contributed by atoms with van der Waals surface area (Å²) in [6.45, 7) is -0.425. The van der Waals surface area contributed by atoms with Crippen molar-refractivity contribution < 1.29 is 27.7 Å². The zero-order valence-corrected chi connectivity index (χ0v) is 21.1. The molecule has 0 aromatic carbocycles. The van der Waals surface area contributed by atoms with E-state index in [1.807, 2.05) is 0 Å². The highest BCUT2D eigenvalue weighted by molar-refractivity contribution is 8.09. The van der Waals surface area contributed by atoms with Gasteiger partial charge >= 0.3 is 11.7 Å². The highest BCUT2D eigenvalue weighted by Gasteiger charge is 2.37. The summed E-state index contributed by atoms with van der Waals surface area (Å²) in [5.41, 5.74) is -1.73. The number of hydrogen-bond acceptors (Lipinski definition) is 8. The van der Waals surface area contributed by atoms with Crippen molar-refractivity contribution in [3.05, 3.63) is 32.9 Å². The Balaban J connectivity index is 1.46. The van der Waals surface area contributed by atoms with Gasteiger partial charge in [0, 0.05) is 6.61 Å². The van der Waals surface area contributed by atoms with Crippen molar-refractivity contribution in [2.24, 2.45) is 0 Å². The van der Waals surface area contributed by atoms with Crippen LogP contribution in [0.25, 0.3) is 0 Å². The van der Waals surface area contributed by atoms with E-state index in [1.54, 1.807) is 0 Å². The van der Waals surface area contributed by atoms with E-state index >= 15 is 0 Å². The molecule has 192 valence electrons. The number of esters is 1. The van der Waals surface area contributed by atoms with Crippen molar-refractivity contribution in [2.75, 3.05) is 26.4 Å². The molecule has 13 heteroatoms. The Labute approximate surface area is 202 Å². The Morgan fingerprint density at radius 3 is 2.76 bits per heavy atom. The van der Waals surface area contributed by atoms with E-state index < -0.39 is 41.9 Å². The van der Waals surface area contributed by atoms with Gasteiger partial charge in [0.05, 0.1) is 32.6 Å². The molecule has 0 unspecified atom stereocenters. The molecule has 2 aliphatic rings. The molecular weight excluding hydrogens is 488 g/mol. The average molecular weight is 522 g/mol. The van der Waals surface area contributed by atoms with Gasteiger partial charge in [-0.05, 0) is 31.1 Å². The number of unbranched alkanes of at least 4 members (excludes halogenated alkanes) is 5. The predicted molar refractivity (Wildman–Crippen MR) is 127 cm³/mol. The first-order chi connectivity index (χ1) is 16.3. The first kappa shape index (κ1) is 27.2. The van der Waals surface area contributed by atoms with Gasteiger partial charge in [-0.3, -0.25) is 18.7 Å². The monoisotopic (exact) mass is 521 g/mol. The van der Waals surface area contributed by atoms with E-state index in [1.165, 1.54) is 19.3 Å².